The summed E-state index contributed by atoms with van der Waals surface area (Å²) < 4.78 is 7.03. The third-order valence-corrected chi connectivity index (χ3v) is 4.19. The Labute approximate surface area is 161 Å². The highest BCUT2D eigenvalue weighted by Crippen LogP contribution is 2.35. The van der Waals surface area contributed by atoms with Gasteiger partial charge in [-0.15, -0.1) is 6.42 Å². The van der Waals surface area contributed by atoms with E-state index >= 15 is 0 Å². The minimum atomic E-state index is -0.489. The van der Waals surface area contributed by atoms with Crippen LogP contribution < -0.4 is 4.74 Å². The Morgan fingerprint density at radius 2 is 2.00 bits per heavy atom. The van der Waals surface area contributed by atoms with Crippen molar-refractivity contribution in [3.05, 3.63) is 66.6 Å². The molecule has 5 nitrogen and oxygen atoms in total. The maximum absolute atomic E-state index is 10.7. The van der Waals surface area contributed by atoms with Crippen molar-refractivity contribution in [1.82, 2.24) is 0 Å². The summed E-state index contributed by atoms with van der Waals surface area (Å²) in [5.41, 5.74) is 1.51. The maximum Gasteiger partial charge on any atom is 0.269 e. The van der Waals surface area contributed by atoms with Crippen molar-refractivity contribution in [1.29, 1.82) is 5.26 Å². The Balaban J connectivity index is 2.51. The van der Waals surface area contributed by atoms with Crippen LogP contribution in [0.2, 0.25) is 0 Å². The third kappa shape index (κ3) is 4.69. The summed E-state index contributed by atoms with van der Waals surface area (Å²) in [4.78, 5) is 10.3. The van der Waals surface area contributed by atoms with Crippen LogP contribution in [0.5, 0.6) is 5.75 Å². The minimum Gasteiger partial charge on any atom is -0.479 e. The fourth-order valence-corrected chi connectivity index (χ4v) is 3.42. The topological polar surface area (TPSA) is 76.2 Å². The van der Waals surface area contributed by atoms with Gasteiger partial charge in [-0.1, -0.05) is 21.9 Å². The van der Waals surface area contributed by atoms with Crippen molar-refractivity contribution < 1.29 is 9.66 Å². The summed E-state index contributed by atoms with van der Waals surface area (Å²) in [6.07, 6.45) is 6.88. The fourth-order valence-electron chi connectivity index (χ4n) is 2.05. The fraction of sp³-hybridized carbons (Fsp3) is 0.0556. The van der Waals surface area contributed by atoms with E-state index in [0.29, 0.717) is 26.9 Å². The highest BCUT2D eigenvalue weighted by molar-refractivity contribution is 9.11. The lowest BCUT2D eigenvalue weighted by Crippen LogP contribution is -1.97. The molecule has 0 spiro atoms. The first-order valence-electron chi connectivity index (χ1n) is 6.88. The normalized spacial score (nSPS) is 10.6. The highest BCUT2D eigenvalue weighted by atomic mass is 79.9. The average molecular weight is 462 g/mol. The second-order valence-electron chi connectivity index (χ2n) is 4.77. The molecule has 0 amide bonds. The molecule has 0 N–H and O–H groups in total. The molecule has 0 heterocycles. The highest BCUT2D eigenvalue weighted by Gasteiger charge is 2.12. The molecule has 0 aliphatic carbocycles. The molecule has 0 aliphatic rings. The van der Waals surface area contributed by atoms with Gasteiger partial charge in [-0.2, -0.15) is 5.26 Å². The maximum atomic E-state index is 10.7. The van der Waals surface area contributed by atoms with Crippen molar-refractivity contribution in [2.24, 2.45) is 0 Å². The van der Waals surface area contributed by atoms with Gasteiger partial charge in [0.1, 0.15) is 12.4 Å². The molecule has 25 heavy (non-hydrogen) atoms. The number of nitriles is 1. The van der Waals surface area contributed by atoms with E-state index in [-0.39, 0.29) is 12.3 Å². The Hall–Kier alpha value is -2.61. The van der Waals surface area contributed by atoms with Crippen LogP contribution in [0.1, 0.15) is 11.1 Å². The predicted octanol–water partition coefficient (Wildman–Crippen LogP) is 5.20. The zero-order valence-electron chi connectivity index (χ0n) is 12.7. The van der Waals surface area contributed by atoms with Crippen LogP contribution in [0.4, 0.5) is 5.69 Å². The number of ether oxygens (including phenoxy) is 1. The van der Waals surface area contributed by atoms with Crippen molar-refractivity contribution in [3.63, 3.8) is 0 Å². The second-order valence-corrected chi connectivity index (χ2v) is 6.54. The van der Waals surface area contributed by atoms with Crippen molar-refractivity contribution in [2.75, 3.05) is 6.61 Å². The lowest BCUT2D eigenvalue weighted by Gasteiger charge is -2.11. The molecular weight excluding hydrogens is 452 g/mol. The molecule has 0 atom stereocenters. The van der Waals surface area contributed by atoms with E-state index in [9.17, 15) is 15.4 Å². The summed E-state index contributed by atoms with van der Waals surface area (Å²) in [7, 11) is 0. The average Bonchev–Trinajstić information content (AvgIpc) is 2.58. The van der Waals surface area contributed by atoms with Crippen LogP contribution in [-0.2, 0) is 0 Å². The number of rotatable bonds is 5. The number of nitro benzene ring substituents is 1. The first kappa shape index (κ1) is 18.7. The standard InChI is InChI=1S/C18H10Br2N2O3/c1-2-7-25-18-13(9-15(19)10-17(18)20)8-14(11-21)12-3-5-16(6-4-12)22(23)24/h1,3-6,8-10H,7H2/b14-8+. The molecule has 0 unspecified atom stereocenters. The Kier molecular flexibility index (Phi) is 6.35. The van der Waals surface area contributed by atoms with Gasteiger partial charge in [0.2, 0.25) is 0 Å². The molecule has 0 aromatic heterocycles. The largest absolute Gasteiger partial charge is 0.479 e. The lowest BCUT2D eigenvalue weighted by molar-refractivity contribution is -0.384. The molecule has 2 rings (SSSR count). The first-order chi connectivity index (χ1) is 12.0. The number of hydrogen-bond acceptors (Lipinski definition) is 4. The number of allylic oxidation sites excluding steroid dienone is 1. The van der Waals surface area contributed by atoms with Gasteiger partial charge in [0.25, 0.3) is 5.69 Å². The van der Waals surface area contributed by atoms with E-state index in [1.807, 2.05) is 0 Å². The number of halogens is 2. The van der Waals surface area contributed by atoms with Gasteiger partial charge in [-0.25, -0.2) is 0 Å². The van der Waals surface area contributed by atoms with E-state index < -0.39 is 4.92 Å². The van der Waals surface area contributed by atoms with Crippen molar-refractivity contribution in [3.8, 4) is 24.2 Å². The number of terminal acetylenes is 1. The minimum absolute atomic E-state index is 0.0377. The van der Waals surface area contributed by atoms with Crippen molar-refractivity contribution >= 4 is 49.2 Å². The zero-order valence-corrected chi connectivity index (χ0v) is 15.9. The molecule has 0 radical (unpaired) electrons. The van der Waals surface area contributed by atoms with Gasteiger partial charge >= 0.3 is 0 Å². The van der Waals surface area contributed by atoms with Crippen molar-refractivity contribution in [2.45, 2.75) is 0 Å². The van der Waals surface area contributed by atoms with Gasteiger partial charge in [-0.05, 0) is 51.8 Å². The first-order valence-corrected chi connectivity index (χ1v) is 8.46. The quantitative estimate of drug-likeness (QED) is 0.202. The predicted molar refractivity (Wildman–Crippen MR) is 103 cm³/mol. The second kappa shape index (κ2) is 8.48. The summed E-state index contributed by atoms with van der Waals surface area (Å²) >= 11 is 6.81. The molecule has 7 heteroatoms. The van der Waals surface area contributed by atoms with E-state index in [2.05, 4.69) is 43.8 Å². The van der Waals surface area contributed by atoms with Gasteiger partial charge in [0.15, 0.2) is 0 Å². The van der Waals surface area contributed by atoms with E-state index in [4.69, 9.17) is 11.2 Å². The molecule has 0 bridgehead atoms. The van der Waals surface area contributed by atoms with Gasteiger partial charge in [0, 0.05) is 22.2 Å². The summed E-state index contributed by atoms with van der Waals surface area (Å²) in [6.45, 7) is 0.0838. The summed E-state index contributed by atoms with van der Waals surface area (Å²) in [5, 5.41) is 20.2. The SMILES string of the molecule is C#CCOc1c(Br)cc(Br)cc1/C=C(\C#N)c1ccc([N+](=O)[O-])cc1. The number of nitro groups is 1. The number of benzene rings is 2. The Bertz CT molecular complexity index is 923. The van der Waals surface area contributed by atoms with E-state index in [1.54, 1.807) is 18.2 Å². The van der Waals surface area contributed by atoms with Gasteiger partial charge in [0.05, 0.1) is 21.0 Å². The molecular formula is C18H10Br2N2O3. The number of non-ortho nitro benzene ring substituents is 1. The number of nitrogens with zero attached hydrogens (tertiary/aromatic N) is 2. The van der Waals surface area contributed by atoms with Crippen LogP contribution in [0.25, 0.3) is 11.6 Å². The molecule has 2 aromatic rings. The van der Waals surface area contributed by atoms with Gasteiger partial charge in [-0.3, -0.25) is 10.1 Å². The molecule has 0 aliphatic heterocycles. The van der Waals surface area contributed by atoms with Gasteiger partial charge < -0.3 is 4.74 Å². The van der Waals surface area contributed by atoms with E-state index in [0.717, 1.165) is 4.47 Å². The van der Waals surface area contributed by atoms with Crippen LogP contribution in [0, 0.1) is 33.8 Å². The third-order valence-electron chi connectivity index (χ3n) is 3.15. The van der Waals surface area contributed by atoms with Crippen LogP contribution in [0.15, 0.2) is 45.3 Å². The summed E-state index contributed by atoms with van der Waals surface area (Å²) in [5.74, 6) is 2.91. The molecule has 2 aromatic carbocycles. The lowest BCUT2D eigenvalue weighted by atomic mass is 10.0. The molecule has 124 valence electrons. The Morgan fingerprint density at radius 1 is 1.32 bits per heavy atom. The van der Waals surface area contributed by atoms with Crippen LogP contribution >= 0.6 is 31.9 Å². The molecule has 0 fully saturated rings. The monoisotopic (exact) mass is 460 g/mol. The number of hydrogen-bond donors (Lipinski definition) is 0. The van der Waals surface area contributed by atoms with Crippen LogP contribution in [0.3, 0.4) is 0 Å². The zero-order chi connectivity index (χ0) is 18.4. The summed E-state index contributed by atoms with van der Waals surface area (Å²) in [6, 6.07) is 11.5. The molecule has 0 saturated carbocycles. The Morgan fingerprint density at radius 3 is 2.56 bits per heavy atom. The van der Waals surface area contributed by atoms with E-state index in [1.165, 1.54) is 24.3 Å². The molecule has 0 saturated heterocycles. The smallest absolute Gasteiger partial charge is 0.269 e. The van der Waals surface area contributed by atoms with Crippen LogP contribution in [-0.4, -0.2) is 11.5 Å².